The molecule has 2 rings (SSSR count). The molecule has 1 aliphatic heterocycles. The zero-order valence-electron chi connectivity index (χ0n) is 16.0. The van der Waals surface area contributed by atoms with Gasteiger partial charge in [-0.15, -0.1) is 0 Å². The molecule has 2 fully saturated rings. The van der Waals surface area contributed by atoms with Gasteiger partial charge in [0.2, 0.25) is 5.91 Å². The number of nitrogens with one attached hydrogen (secondary N) is 2. The summed E-state index contributed by atoms with van der Waals surface area (Å²) in [4.78, 5) is 50.0. The van der Waals surface area contributed by atoms with Crippen LogP contribution in [-0.4, -0.2) is 52.9 Å². The third-order valence-corrected chi connectivity index (χ3v) is 4.64. The minimum Gasteiger partial charge on any atom is -0.452 e. The fourth-order valence-electron chi connectivity index (χ4n) is 3.37. The maximum absolute atomic E-state index is 12.3. The van der Waals surface area contributed by atoms with Crippen molar-refractivity contribution in [2.45, 2.75) is 77.5 Å². The van der Waals surface area contributed by atoms with Crippen LogP contribution < -0.4 is 10.6 Å². The highest BCUT2D eigenvalue weighted by molar-refractivity contribution is 5.97. The summed E-state index contributed by atoms with van der Waals surface area (Å²) >= 11 is 0. The van der Waals surface area contributed by atoms with E-state index in [2.05, 4.69) is 10.6 Å². The Bertz CT molecular complexity index is 578. The van der Waals surface area contributed by atoms with Gasteiger partial charge in [0.25, 0.3) is 5.91 Å². The maximum atomic E-state index is 12.3. The van der Waals surface area contributed by atoms with Crippen LogP contribution in [0, 0.1) is 5.92 Å². The van der Waals surface area contributed by atoms with Crippen LogP contribution in [0.15, 0.2) is 0 Å². The third-order valence-electron chi connectivity index (χ3n) is 4.64. The molecular formula is C18H29N3O5. The standard InChI is InChI=1S/C18H29N3O5/c1-11(15(23)19-17(25)20-18(2,3)4)26-16(24)12-9-14(22)21(10-12)13-7-5-6-8-13/h11-13H,5-10H2,1-4H3,(H2,19,20,23,25)/t11-,12+/m0/s1. The molecule has 0 bridgehead atoms. The van der Waals surface area contributed by atoms with Gasteiger partial charge < -0.3 is 15.0 Å². The minimum absolute atomic E-state index is 0.0273. The molecule has 0 unspecified atom stereocenters. The van der Waals surface area contributed by atoms with Crippen LogP contribution in [0.5, 0.6) is 0 Å². The number of hydrogen-bond donors (Lipinski definition) is 2. The molecule has 0 spiro atoms. The van der Waals surface area contributed by atoms with E-state index in [0.717, 1.165) is 25.7 Å². The molecule has 0 aromatic carbocycles. The molecule has 2 N–H and O–H groups in total. The fourth-order valence-corrected chi connectivity index (χ4v) is 3.37. The Morgan fingerprint density at radius 3 is 2.38 bits per heavy atom. The van der Waals surface area contributed by atoms with Gasteiger partial charge in [-0.05, 0) is 40.5 Å². The summed E-state index contributed by atoms with van der Waals surface area (Å²) in [6.45, 7) is 7.11. The number of amides is 4. The van der Waals surface area contributed by atoms with Crippen molar-refractivity contribution in [3.05, 3.63) is 0 Å². The van der Waals surface area contributed by atoms with Gasteiger partial charge in [0.15, 0.2) is 6.10 Å². The number of carbonyl (C=O) groups is 4. The van der Waals surface area contributed by atoms with Gasteiger partial charge in [-0.3, -0.25) is 19.7 Å². The molecule has 1 heterocycles. The van der Waals surface area contributed by atoms with Crippen molar-refractivity contribution in [3.8, 4) is 0 Å². The Labute approximate surface area is 154 Å². The first-order valence-corrected chi connectivity index (χ1v) is 9.20. The summed E-state index contributed by atoms with van der Waals surface area (Å²) in [5, 5.41) is 4.74. The lowest BCUT2D eigenvalue weighted by Crippen LogP contribution is -2.50. The van der Waals surface area contributed by atoms with Crippen molar-refractivity contribution < 1.29 is 23.9 Å². The Balaban J connectivity index is 1.82. The van der Waals surface area contributed by atoms with Gasteiger partial charge in [-0.1, -0.05) is 12.8 Å². The molecule has 1 saturated heterocycles. The Hall–Kier alpha value is -2.12. The van der Waals surface area contributed by atoms with Crippen LogP contribution in [-0.2, 0) is 19.1 Å². The smallest absolute Gasteiger partial charge is 0.321 e. The molecule has 8 nitrogen and oxygen atoms in total. The zero-order valence-corrected chi connectivity index (χ0v) is 16.0. The normalized spacial score (nSPS) is 22.2. The van der Waals surface area contributed by atoms with E-state index in [4.69, 9.17) is 4.74 Å². The van der Waals surface area contributed by atoms with Gasteiger partial charge in [-0.2, -0.15) is 0 Å². The predicted octanol–water partition coefficient (Wildman–Crippen LogP) is 1.33. The summed E-state index contributed by atoms with van der Waals surface area (Å²) in [6, 6.07) is -0.420. The molecule has 0 radical (unpaired) electrons. The molecule has 146 valence electrons. The summed E-state index contributed by atoms with van der Waals surface area (Å²) in [6.07, 6.45) is 3.19. The van der Waals surface area contributed by atoms with E-state index in [0.29, 0.717) is 6.54 Å². The second kappa shape index (κ2) is 8.05. The summed E-state index contributed by atoms with van der Waals surface area (Å²) in [7, 11) is 0. The molecule has 26 heavy (non-hydrogen) atoms. The Morgan fingerprint density at radius 1 is 1.19 bits per heavy atom. The van der Waals surface area contributed by atoms with E-state index < -0.39 is 35.5 Å². The van der Waals surface area contributed by atoms with Crippen LogP contribution in [0.25, 0.3) is 0 Å². The van der Waals surface area contributed by atoms with Crippen molar-refractivity contribution in [2.75, 3.05) is 6.54 Å². The first-order chi connectivity index (χ1) is 12.1. The average Bonchev–Trinajstić information content (AvgIpc) is 3.13. The number of carbonyl (C=O) groups excluding carboxylic acids is 4. The van der Waals surface area contributed by atoms with Crippen LogP contribution >= 0.6 is 0 Å². The first-order valence-electron chi connectivity index (χ1n) is 9.20. The van der Waals surface area contributed by atoms with Crippen LogP contribution in [0.3, 0.4) is 0 Å². The summed E-state index contributed by atoms with van der Waals surface area (Å²) in [5.41, 5.74) is -0.488. The molecule has 0 aromatic rings. The average molecular weight is 367 g/mol. The molecule has 4 amide bonds. The van der Waals surface area contributed by atoms with Crippen LogP contribution in [0.2, 0.25) is 0 Å². The highest BCUT2D eigenvalue weighted by atomic mass is 16.5. The van der Waals surface area contributed by atoms with Crippen molar-refractivity contribution in [3.63, 3.8) is 0 Å². The molecule has 0 aromatic heterocycles. The monoisotopic (exact) mass is 367 g/mol. The number of nitrogens with zero attached hydrogens (tertiary/aromatic N) is 1. The lowest BCUT2D eigenvalue weighted by Gasteiger charge is -2.24. The second-order valence-electron chi connectivity index (χ2n) is 8.16. The Kier molecular flexibility index (Phi) is 6.26. The van der Waals surface area contributed by atoms with Crippen molar-refractivity contribution >= 4 is 23.8 Å². The molecule has 1 aliphatic carbocycles. The van der Waals surface area contributed by atoms with E-state index in [9.17, 15) is 19.2 Å². The largest absolute Gasteiger partial charge is 0.452 e. The topological polar surface area (TPSA) is 105 Å². The number of likely N-dealkylation sites (tertiary alicyclic amines) is 1. The zero-order chi connectivity index (χ0) is 19.5. The third kappa shape index (κ3) is 5.44. The van der Waals surface area contributed by atoms with E-state index in [-0.39, 0.29) is 18.4 Å². The maximum Gasteiger partial charge on any atom is 0.321 e. The van der Waals surface area contributed by atoms with Gasteiger partial charge >= 0.3 is 12.0 Å². The van der Waals surface area contributed by atoms with E-state index in [1.807, 2.05) is 0 Å². The molecular weight excluding hydrogens is 338 g/mol. The quantitative estimate of drug-likeness (QED) is 0.730. The van der Waals surface area contributed by atoms with E-state index in [1.165, 1.54) is 6.92 Å². The molecule has 2 aliphatic rings. The van der Waals surface area contributed by atoms with Gasteiger partial charge in [0.1, 0.15) is 0 Å². The van der Waals surface area contributed by atoms with E-state index >= 15 is 0 Å². The second-order valence-corrected chi connectivity index (χ2v) is 8.16. The summed E-state index contributed by atoms with van der Waals surface area (Å²) in [5.74, 6) is -1.85. The summed E-state index contributed by atoms with van der Waals surface area (Å²) < 4.78 is 5.18. The molecule has 2 atom stereocenters. The van der Waals surface area contributed by atoms with Gasteiger partial charge in [0.05, 0.1) is 5.92 Å². The lowest BCUT2D eigenvalue weighted by molar-refractivity contribution is -0.158. The van der Waals surface area contributed by atoms with Gasteiger partial charge in [-0.25, -0.2) is 4.79 Å². The predicted molar refractivity (Wildman–Crippen MR) is 94.1 cm³/mol. The van der Waals surface area contributed by atoms with Crippen LogP contribution in [0.4, 0.5) is 4.79 Å². The minimum atomic E-state index is -1.11. The number of rotatable bonds is 4. The molecule has 1 saturated carbocycles. The fraction of sp³-hybridized carbons (Fsp3) is 0.778. The number of esters is 1. The van der Waals surface area contributed by atoms with E-state index in [1.54, 1.807) is 25.7 Å². The van der Waals surface area contributed by atoms with Crippen molar-refractivity contribution in [2.24, 2.45) is 5.92 Å². The molecule has 8 heteroatoms. The lowest BCUT2D eigenvalue weighted by atomic mass is 10.1. The number of urea groups is 1. The number of imide groups is 1. The Morgan fingerprint density at radius 2 is 1.81 bits per heavy atom. The van der Waals surface area contributed by atoms with Crippen molar-refractivity contribution in [1.82, 2.24) is 15.5 Å². The number of hydrogen-bond acceptors (Lipinski definition) is 5. The van der Waals surface area contributed by atoms with Crippen molar-refractivity contribution in [1.29, 1.82) is 0 Å². The highest BCUT2D eigenvalue weighted by Gasteiger charge is 2.40. The first kappa shape index (κ1) is 20.2. The number of ether oxygens (including phenoxy) is 1. The van der Waals surface area contributed by atoms with Crippen LogP contribution in [0.1, 0.15) is 59.8 Å². The highest BCUT2D eigenvalue weighted by Crippen LogP contribution is 2.30. The SMILES string of the molecule is C[C@H](OC(=O)[C@@H]1CC(=O)N(C2CCCC2)C1)C(=O)NC(=O)NC(C)(C)C. The van der Waals surface area contributed by atoms with Gasteiger partial charge in [0, 0.05) is 24.5 Å².